The molecule has 0 bridgehead atoms. The van der Waals surface area contributed by atoms with Crippen molar-refractivity contribution in [3.05, 3.63) is 24.3 Å². The van der Waals surface area contributed by atoms with Gasteiger partial charge in [0.2, 0.25) is 5.91 Å². The smallest absolute Gasteiger partial charge is 0.315 e. The summed E-state index contributed by atoms with van der Waals surface area (Å²) in [5.74, 6) is -0.105. The Bertz CT molecular complexity index is 608. The van der Waals surface area contributed by atoms with Crippen LogP contribution < -0.4 is 20.9 Å². The molecule has 148 valence electrons. The van der Waals surface area contributed by atoms with Crippen LogP contribution in [0.3, 0.4) is 0 Å². The Morgan fingerprint density at radius 1 is 1.04 bits per heavy atom. The van der Waals surface area contributed by atoms with Gasteiger partial charge in [-0.15, -0.1) is 0 Å². The lowest BCUT2D eigenvalue weighted by Crippen LogP contribution is -2.43. The summed E-state index contributed by atoms with van der Waals surface area (Å²) in [6.07, 6.45) is 5.97. The molecule has 2 fully saturated rings. The lowest BCUT2D eigenvalue weighted by atomic mass is 9.96. The van der Waals surface area contributed by atoms with E-state index in [4.69, 9.17) is 4.74 Å². The van der Waals surface area contributed by atoms with E-state index in [1.165, 1.54) is 19.3 Å². The molecule has 7 heteroatoms. The van der Waals surface area contributed by atoms with Gasteiger partial charge >= 0.3 is 6.03 Å². The molecule has 7 nitrogen and oxygen atoms in total. The summed E-state index contributed by atoms with van der Waals surface area (Å²) in [6, 6.07) is 7.94. The quantitative estimate of drug-likeness (QED) is 0.714. The van der Waals surface area contributed by atoms with Crippen molar-refractivity contribution in [1.29, 1.82) is 0 Å². The van der Waals surface area contributed by atoms with Crippen LogP contribution in [0.25, 0.3) is 0 Å². The summed E-state index contributed by atoms with van der Waals surface area (Å²) >= 11 is 0. The second-order valence-corrected chi connectivity index (χ2v) is 7.18. The molecule has 1 aliphatic heterocycles. The van der Waals surface area contributed by atoms with E-state index in [1.54, 1.807) is 0 Å². The van der Waals surface area contributed by atoms with Gasteiger partial charge in [-0.1, -0.05) is 19.3 Å². The van der Waals surface area contributed by atoms with Gasteiger partial charge in [0, 0.05) is 43.5 Å². The van der Waals surface area contributed by atoms with Gasteiger partial charge in [0.25, 0.3) is 0 Å². The highest BCUT2D eigenvalue weighted by Gasteiger charge is 2.15. The first-order valence-corrected chi connectivity index (χ1v) is 9.98. The Morgan fingerprint density at radius 3 is 2.44 bits per heavy atom. The second-order valence-electron chi connectivity index (χ2n) is 7.18. The van der Waals surface area contributed by atoms with Crippen LogP contribution in [0.2, 0.25) is 0 Å². The maximum Gasteiger partial charge on any atom is 0.315 e. The second kappa shape index (κ2) is 10.2. The predicted octanol–water partition coefficient (Wildman–Crippen LogP) is 2.48. The third-order valence-electron chi connectivity index (χ3n) is 5.11. The summed E-state index contributed by atoms with van der Waals surface area (Å²) in [6.45, 7) is 3.61. The summed E-state index contributed by atoms with van der Waals surface area (Å²) in [7, 11) is 0. The molecule has 1 aromatic carbocycles. The highest BCUT2D eigenvalue weighted by molar-refractivity contribution is 5.91. The number of morpholine rings is 1. The summed E-state index contributed by atoms with van der Waals surface area (Å²) in [5.41, 5.74) is 1.90. The summed E-state index contributed by atoms with van der Waals surface area (Å²) in [5, 5.41) is 8.63. The molecule has 1 aromatic rings. The minimum Gasteiger partial charge on any atom is -0.378 e. The number of hydrogen-bond donors (Lipinski definition) is 3. The third-order valence-corrected chi connectivity index (χ3v) is 5.11. The number of carbonyl (C=O) groups is 2. The number of rotatable bonds is 6. The van der Waals surface area contributed by atoms with E-state index in [2.05, 4.69) is 20.9 Å². The molecule has 0 spiro atoms. The van der Waals surface area contributed by atoms with Crippen molar-refractivity contribution in [2.75, 3.05) is 43.1 Å². The normalized spacial score (nSPS) is 18.0. The van der Waals surface area contributed by atoms with E-state index in [-0.39, 0.29) is 24.4 Å². The molecule has 3 N–H and O–H groups in total. The Balaban J connectivity index is 1.34. The van der Waals surface area contributed by atoms with E-state index in [1.807, 2.05) is 24.3 Å². The van der Waals surface area contributed by atoms with E-state index >= 15 is 0 Å². The van der Waals surface area contributed by atoms with Crippen LogP contribution in [-0.4, -0.2) is 50.8 Å². The lowest BCUT2D eigenvalue weighted by molar-refractivity contribution is -0.116. The average Bonchev–Trinajstić information content (AvgIpc) is 2.70. The van der Waals surface area contributed by atoms with E-state index in [0.29, 0.717) is 6.54 Å². The van der Waals surface area contributed by atoms with Gasteiger partial charge in [0.1, 0.15) is 0 Å². The zero-order valence-corrected chi connectivity index (χ0v) is 15.8. The zero-order chi connectivity index (χ0) is 18.9. The number of nitrogens with one attached hydrogen (secondary N) is 3. The zero-order valence-electron chi connectivity index (χ0n) is 15.8. The van der Waals surface area contributed by atoms with Gasteiger partial charge in [0.05, 0.1) is 13.2 Å². The molecule has 2 aliphatic rings. The fraction of sp³-hybridized carbons (Fsp3) is 0.600. The molecular formula is C20H30N4O3. The van der Waals surface area contributed by atoms with Gasteiger partial charge in [0.15, 0.2) is 0 Å². The molecule has 1 saturated carbocycles. The number of ether oxygens (including phenoxy) is 1. The van der Waals surface area contributed by atoms with E-state index in [0.717, 1.165) is 50.5 Å². The number of carbonyl (C=O) groups excluding carboxylic acids is 2. The molecule has 1 saturated heterocycles. The summed E-state index contributed by atoms with van der Waals surface area (Å²) < 4.78 is 5.36. The highest BCUT2D eigenvalue weighted by atomic mass is 16.5. The number of hydrogen-bond acceptors (Lipinski definition) is 4. The van der Waals surface area contributed by atoms with Crippen molar-refractivity contribution in [2.45, 2.75) is 44.6 Å². The SMILES string of the molecule is O=C(CCNC(=O)NC1CCCCC1)Nc1ccc(N2CCOCC2)cc1. The Morgan fingerprint density at radius 2 is 1.74 bits per heavy atom. The first kappa shape index (κ1) is 19.5. The van der Waals surface area contributed by atoms with Gasteiger partial charge < -0.3 is 25.6 Å². The average molecular weight is 374 g/mol. The molecule has 3 rings (SSSR count). The Labute approximate surface area is 160 Å². The number of anilines is 2. The van der Waals surface area contributed by atoms with Gasteiger partial charge in [-0.05, 0) is 37.1 Å². The molecule has 0 radical (unpaired) electrons. The molecule has 1 heterocycles. The maximum atomic E-state index is 12.1. The molecular weight excluding hydrogens is 344 g/mol. The van der Waals surface area contributed by atoms with Crippen molar-refractivity contribution in [2.24, 2.45) is 0 Å². The fourth-order valence-corrected chi connectivity index (χ4v) is 3.57. The first-order chi connectivity index (χ1) is 13.2. The molecule has 27 heavy (non-hydrogen) atoms. The fourth-order valence-electron chi connectivity index (χ4n) is 3.57. The van der Waals surface area contributed by atoms with Crippen molar-refractivity contribution in [3.8, 4) is 0 Å². The Hall–Kier alpha value is -2.28. The molecule has 0 unspecified atom stereocenters. The van der Waals surface area contributed by atoms with E-state index < -0.39 is 0 Å². The van der Waals surface area contributed by atoms with Crippen LogP contribution in [0.5, 0.6) is 0 Å². The maximum absolute atomic E-state index is 12.1. The lowest BCUT2D eigenvalue weighted by Gasteiger charge is -2.28. The van der Waals surface area contributed by atoms with Gasteiger partial charge in [-0.25, -0.2) is 4.79 Å². The molecule has 0 aromatic heterocycles. The van der Waals surface area contributed by atoms with Crippen molar-refractivity contribution in [3.63, 3.8) is 0 Å². The van der Waals surface area contributed by atoms with Crippen molar-refractivity contribution < 1.29 is 14.3 Å². The minimum absolute atomic E-state index is 0.105. The largest absolute Gasteiger partial charge is 0.378 e. The highest BCUT2D eigenvalue weighted by Crippen LogP contribution is 2.19. The van der Waals surface area contributed by atoms with Gasteiger partial charge in [-0.2, -0.15) is 0 Å². The van der Waals surface area contributed by atoms with Crippen LogP contribution in [0.4, 0.5) is 16.2 Å². The van der Waals surface area contributed by atoms with Crippen LogP contribution in [0.15, 0.2) is 24.3 Å². The number of nitrogens with zero attached hydrogens (tertiary/aromatic N) is 1. The van der Waals surface area contributed by atoms with Crippen LogP contribution in [0, 0.1) is 0 Å². The van der Waals surface area contributed by atoms with Crippen molar-refractivity contribution in [1.82, 2.24) is 10.6 Å². The van der Waals surface area contributed by atoms with E-state index in [9.17, 15) is 9.59 Å². The van der Waals surface area contributed by atoms with Crippen LogP contribution >= 0.6 is 0 Å². The topological polar surface area (TPSA) is 82.7 Å². The number of amides is 3. The molecule has 0 atom stereocenters. The standard InChI is InChI=1S/C20H30N4O3/c25-19(10-11-21-20(26)23-16-4-2-1-3-5-16)22-17-6-8-18(9-7-17)24-12-14-27-15-13-24/h6-9,16H,1-5,10-15H2,(H,22,25)(H2,21,23,26). The number of urea groups is 1. The third kappa shape index (κ3) is 6.43. The van der Waals surface area contributed by atoms with Crippen LogP contribution in [-0.2, 0) is 9.53 Å². The van der Waals surface area contributed by atoms with Crippen molar-refractivity contribution >= 4 is 23.3 Å². The minimum atomic E-state index is -0.176. The number of benzene rings is 1. The van der Waals surface area contributed by atoms with Gasteiger partial charge in [-0.3, -0.25) is 4.79 Å². The molecule has 3 amide bonds. The Kier molecular flexibility index (Phi) is 7.33. The summed E-state index contributed by atoms with van der Waals surface area (Å²) in [4.78, 5) is 26.2. The predicted molar refractivity (Wildman–Crippen MR) is 106 cm³/mol. The monoisotopic (exact) mass is 374 g/mol. The van der Waals surface area contributed by atoms with Crippen LogP contribution in [0.1, 0.15) is 38.5 Å². The first-order valence-electron chi connectivity index (χ1n) is 9.98. The molecule has 1 aliphatic carbocycles.